The maximum absolute atomic E-state index is 13.5. The topological polar surface area (TPSA) is 72.8 Å². The van der Waals surface area contributed by atoms with Gasteiger partial charge in [-0.1, -0.05) is 78.3 Å². The first kappa shape index (κ1) is 30.4. The Labute approximate surface area is 227 Å². The van der Waals surface area contributed by atoms with Gasteiger partial charge in [-0.15, -0.1) is 0 Å². The fourth-order valence-corrected chi connectivity index (χ4v) is 19.9. The van der Waals surface area contributed by atoms with Crippen LogP contribution in [0, 0.1) is 29.6 Å². The van der Waals surface area contributed by atoms with Gasteiger partial charge in [-0.05, 0) is 54.2 Å². The summed E-state index contributed by atoms with van der Waals surface area (Å²) in [4.78, 5) is 25.4. The number of carbonyl (C=O) groups is 2. The summed E-state index contributed by atoms with van der Waals surface area (Å²) in [5.74, 6) is 0.762. The number of hydrogen-bond donors (Lipinski definition) is 1. The van der Waals surface area contributed by atoms with E-state index in [0.717, 1.165) is 25.7 Å². The summed E-state index contributed by atoms with van der Waals surface area (Å²) >= 11 is 0. The van der Waals surface area contributed by atoms with Crippen LogP contribution in [-0.2, 0) is 19.1 Å². The highest BCUT2D eigenvalue weighted by molar-refractivity contribution is 6.96. The SMILES string of the molecule is C[C@@H]1C=C2C=C[C@@H](C)[C@@H](CCC3C[C@@H](O)CC(=O)O3)[C@@H]2[C@@H](OC(=O)[C@H](C)CC([Si](C)(C)C)[Si](C)(C)C)C1. The smallest absolute Gasteiger partial charge is 0.308 e. The Bertz CT molecular complexity index is 869. The number of ether oxygens (including phenoxy) is 2. The number of allylic oxidation sites excluding steroid dienone is 3. The van der Waals surface area contributed by atoms with Gasteiger partial charge < -0.3 is 14.6 Å². The molecule has 0 saturated carbocycles. The number of esters is 2. The first-order valence-electron chi connectivity index (χ1n) is 14.5. The monoisotopic (exact) mass is 548 g/mol. The molecule has 0 radical (unpaired) electrons. The Balaban J connectivity index is 1.74. The van der Waals surface area contributed by atoms with Crippen molar-refractivity contribution in [3.05, 3.63) is 23.8 Å². The summed E-state index contributed by atoms with van der Waals surface area (Å²) in [5, 5.41) is 10.7. The molecule has 7 heteroatoms. The molecule has 1 unspecified atom stereocenters. The van der Waals surface area contributed by atoms with Crippen molar-refractivity contribution >= 4 is 28.1 Å². The van der Waals surface area contributed by atoms with Gasteiger partial charge in [0.05, 0.1) is 18.4 Å². The number of fused-ring (bicyclic) bond motifs is 1. The van der Waals surface area contributed by atoms with E-state index in [1.165, 1.54) is 5.57 Å². The van der Waals surface area contributed by atoms with Crippen LogP contribution in [0.3, 0.4) is 0 Å². The van der Waals surface area contributed by atoms with E-state index in [0.29, 0.717) is 29.3 Å². The molecule has 3 rings (SSSR count). The van der Waals surface area contributed by atoms with Gasteiger partial charge in [0.1, 0.15) is 12.2 Å². The third-order valence-corrected chi connectivity index (χ3v) is 18.9. The largest absolute Gasteiger partial charge is 0.462 e. The number of aliphatic hydroxyl groups is 1. The second-order valence-corrected chi connectivity index (χ2v) is 25.9. The van der Waals surface area contributed by atoms with Gasteiger partial charge in [-0.2, -0.15) is 0 Å². The van der Waals surface area contributed by atoms with E-state index in [4.69, 9.17) is 9.47 Å². The molecule has 1 saturated heterocycles. The minimum Gasteiger partial charge on any atom is -0.462 e. The lowest BCUT2D eigenvalue weighted by Crippen LogP contribution is -2.46. The summed E-state index contributed by atoms with van der Waals surface area (Å²) in [6.45, 7) is 21.2. The molecule has 37 heavy (non-hydrogen) atoms. The van der Waals surface area contributed by atoms with Crippen molar-refractivity contribution < 1.29 is 24.2 Å². The lowest BCUT2D eigenvalue weighted by atomic mass is 9.65. The van der Waals surface area contributed by atoms with Crippen LogP contribution in [0.15, 0.2) is 23.8 Å². The summed E-state index contributed by atoms with van der Waals surface area (Å²) < 4.78 is 12.0. The molecule has 3 aliphatic rings. The zero-order chi connectivity index (χ0) is 27.7. The molecule has 1 aliphatic heterocycles. The summed E-state index contributed by atoms with van der Waals surface area (Å²) in [5.41, 5.74) is 1.29. The highest BCUT2D eigenvalue weighted by atomic mass is 28.4. The highest BCUT2D eigenvalue weighted by Crippen LogP contribution is 2.46. The van der Waals surface area contributed by atoms with Crippen molar-refractivity contribution in [3.8, 4) is 0 Å². The molecular weight excluding hydrogens is 496 g/mol. The van der Waals surface area contributed by atoms with Crippen molar-refractivity contribution in [2.45, 2.75) is 122 Å². The Morgan fingerprint density at radius 2 is 1.76 bits per heavy atom. The first-order valence-corrected chi connectivity index (χ1v) is 21.7. The van der Waals surface area contributed by atoms with E-state index < -0.39 is 22.3 Å². The molecule has 0 aromatic carbocycles. The van der Waals surface area contributed by atoms with Gasteiger partial charge in [-0.25, -0.2) is 0 Å². The molecule has 0 spiro atoms. The third kappa shape index (κ3) is 7.92. The fourth-order valence-electron chi connectivity index (χ4n) is 7.36. The average molecular weight is 549 g/mol. The first-order chi connectivity index (χ1) is 17.1. The predicted molar refractivity (Wildman–Crippen MR) is 156 cm³/mol. The molecule has 8 atom stereocenters. The van der Waals surface area contributed by atoms with Gasteiger partial charge in [0.15, 0.2) is 0 Å². The maximum Gasteiger partial charge on any atom is 0.308 e. The number of cyclic esters (lactones) is 1. The molecule has 0 aromatic heterocycles. The Morgan fingerprint density at radius 3 is 2.35 bits per heavy atom. The van der Waals surface area contributed by atoms with Gasteiger partial charge in [0.25, 0.3) is 0 Å². The predicted octanol–water partition coefficient (Wildman–Crippen LogP) is 6.76. The molecule has 0 aromatic rings. The zero-order valence-corrected chi connectivity index (χ0v) is 26.8. The number of hydrogen-bond acceptors (Lipinski definition) is 5. The Kier molecular flexibility index (Phi) is 9.77. The Hall–Kier alpha value is -1.19. The fraction of sp³-hybridized carbons (Fsp3) is 0.800. The average Bonchev–Trinajstić information content (AvgIpc) is 2.74. The number of aliphatic hydroxyl groups excluding tert-OH is 1. The molecule has 0 bridgehead atoms. The second kappa shape index (κ2) is 11.9. The van der Waals surface area contributed by atoms with E-state index in [1.807, 2.05) is 0 Å². The van der Waals surface area contributed by atoms with Crippen LogP contribution < -0.4 is 0 Å². The van der Waals surface area contributed by atoms with E-state index in [9.17, 15) is 14.7 Å². The van der Waals surface area contributed by atoms with Crippen molar-refractivity contribution in [2.24, 2.45) is 29.6 Å². The van der Waals surface area contributed by atoms with Crippen molar-refractivity contribution in [1.82, 2.24) is 0 Å². The standard InChI is InChI=1S/C30H52O5Si2/c1-19-14-22-11-10-20(2)25(13-12-24-17-23(31)18-27(32)34-24)29(22)26(15-19)35-30(33)21(3)16-28(36(4,5)6)37(7,8)9/h10-11,14,19-21,23-26,28-29,31H,12-13,15-18H2,1-9H3/t19-,20-,21-,23-,24?,25-,26+,29-/m1/s1. The van der Waals surface area contributed by atoms with Gasteiger partial charge in [0.2, 0.25) is 0 Å². The van der Waals surface area contributed by atoms with Gasteiger partial charge >= 0.3 is 11.9 Å². The molecule has 210 valence electrons. The van der Waals surface area contributed by atoms with Crippen LogP contribution in [0.5, 0.6) is 0 Å². The van der Waals surface area contributed by atoms with Crippen LogP contribution in [0.25, 0.3) is 0 Å². The lowest BCUT2D eigenvalue weighted by molar-refractivity contribution is -0.162. The summed E-state index contributed by atoms with van der Waals surface area (Å²) in [7, 11) is -2.79. The Morgan fingerprint density at radius 1 is 1.11 bits per heavy atom. The molecule has 5 nitrogen and oxygen atoms in total. The normalized spacial score (nSPS) is 33.4. The van der Waals surface area contributed by atoms with Crippen LogP contribution in [0.2, 0.25) is 44.4 Å². The van der Waals surface area contributed by atoms with E-state index >= 15 is 0 Å². The van der Waals surface area contributed by atoms with Crippen molar-refractivity contribution in [2.75, 3.05) is 0 Å². The zero-order valence-electron chi connectivity index (χ0n) is 24.8. The maximum atomic E-state index is 13.5. The second-order valence-electron chi connectivity index (χ2n) is 14.5. The molecule has 1 fully saturated rings. The van der Waals surface area contributed by atoms with E-state index in [-0.39, 0.29) is 42.4 Å². The lowest BCUT2D eigenvalue weighted by Gasteiger charge is -2.44. The summed E-state index contributed by atoms with van der Waals surface area (Å²) in [6, 6.07) is 0. The van der Waals surface area contributed by atoms with Crippen LogP contribution in [0.1, 0.15) is 59.3 Å². The van der Waals surface area contributed by atoms with Gasteiger partial charge in [-0.3, -0.25) is 9.59 Å². The minimum absolute atomic E-state index is 0.0368. The molecule has 1 N–H and O–H groups in total. The van der Waals surface area contributed by atoms with Gasteiger partial charge in [0, 0.05) is 28.5 Å². The number of carbonyl (C=O) groups excluding carboxylic acids is 2. The molecule has 1 heterocycles. The van der Waals surface area contributed by atoms with Crippen LogP contribution in [0.4, 0.5) is 0 Å². The summed E-state index contributed by atoms with van der Waals surface area (Å²) in [6.07, 6.45) is 9.92. The highest BCUT2D eigenvalue weighted by Gasteiger charge is 2.44. The van der Waals surface area contributed by atoms with Crippen molar-refractivity contribution in [1.29, 1.82) is 0 Å². The molecule has 2 aliphatic carbocycles. The molecule has 0 amide bonds. The number of rotatable bonds is 9. The van der Waals surface area contributed by atoms with Crippen molar-refractivity contribution in [3.63, 3.8) is 0 Å². The minimum atomic E-state index is -1.40. The van der Waals surface area contributed by atoms with Crippen LogP contribution >= 0.6 is 0 Å². The molecular formula is C30H52O5Si2. The van der Waals surface area contributed by atoms with E-state index in [2.05, 4.69) is 78.3 Å². The quantitative estimate of drug-likeness (QED) is 0.254. The third-order valence-electron chi connectivity index (χ3n) is 9.00. The van der Waals surface area contributed by atoms with E-state index in [1.54, 1.807) is 0 Å². The van der Waals surface area contributed by atoms with Crippen LogP contribution in [-0.4, -0.2) is 51.5 Å².